The largest absolute Gasteiger partial charge is 0.478 e. The van der Waals surface area contributed by atoms with Crippen molar-refractivity contribution in [1.29, 1.82) is 0 Å². The van der Waals surface area contributed by atoms with Crippen LogP contribution in [0, 0.1) is 0 Å². The van der Waals surface area contributed by atoms with E-state index in [1.807, 2.05) is 18.2 Å². The van der Waals surface area contributed by atoms with Gasteiger partial charge >= 0.3 is 18.0 Å². The van der Waals surface area contributed by atoms with Gasteiger partial charge in [-0.15, -0.1) is 0 Å². The fraction of sp³-hybridized carbons (Fsp3) is 0.208. The van der Waals surface area contributed by atoms with Gasteiger partial charge in [-0.3, -0.25) is 8.96 Å². The number of aromatic carboxylic acids is 2. The summed E-state index contributed by atoms with van der Waals surface area (Å²) in [5.74, 6) is -1.97. The van der Waals surface area contributed by atoms with Crippen molar-refractivity contribution < 1.29 is 35.1 Å². The van der Waals surface area contributed by atoms with E-state index in [9.17, 15) is 18.8 Å². The van der Waals surface area contributed by atoms with Crippen LogP contribution in [0.4, 0.5) is 9.18 Å². The Morgan fingerprint density at radius 2 is 1.52 bits per heavy atom. The minimum Gasteiger partial charge on any atom is -0.478 e. The predicted octanol–water partition coefficient (Wildman–Crippen LogP) is 5.57. The molecule has 0 amide bonds. The highest BCUT2D eigenvalue weighted by Gasteiger charge is 2.22. The summed E-state index contributed by atoms with van der Waals surface area (Å²) in [6.07, 6.45) is 2.21. The number of aromatic amines is 1. The van der Waals surface area contributed by atoms with Crippen molar-refractivity contribution in [2.45, 2.75) is 26.4 Å². The number of ether oxygens (including phenoxy) is 1. The van der Waals surface area contributed by atoms with Crippen molar-refractivity contribution in [1.82, 2.24) is 9.55 Å². The number of carboxylic acid groups (broad SMARTS) is 2. The number of para-hydroxylation sites is 2. The van der Waals surface area contributed by atoms with Crippen LogP contribution in [0.25, 0.3) is 21.8 Å². The molecule has 4 aromatic rings. The summed E-state index contributed by atoms with van der Waals surface area (Å²) in [5.41, 5.74) is 1.15. The molecule has 2 aromatic heterocycles. The first-order chi connectivity index (χ1) is 16.0. The fourth-order valence-corrected chi connectivity index (χ4v) is 3.06. The standard InChI is InChI=1S/C14H15NO4.C9H7NO2.CH3F/c1-14(2,3)19-13(18)15-8-10(12(16)17)9-6-4-5-7-11(9)15;11-9(12)7-5-10-8-4-2-1-3-6(7)8;1-2/h4-8H,1-3H3,(H,16,17);1-5,10H,(H,11,12);1H3/i;;1D. The number of H-pyrrole nitrogens is 1. The highest BCUT2D eigenvalue weighted by Crippen LogP contribution is 2.22. The summed E-state index contributed by atoms with van der Waals surface area (Å²) in [6, 6.07) is 14.2. The van der Waals surface area contributed by atoms with Gasteiger partial charge in [-0.25, -0.2) is 14.4 Å². The van der Waals surface area contributed by atoms with Gasteiger partial charge in [-0.05, 0) is 32.9 Å². The lowest BCUT2D eigenvalue weighted by molar-refractivity contribution is 0.0543. The average molecular weight is 457 g/mol. The van der Waals surface area contributed by atoms with Crippen molar-refractivity contribution in [3.8, 4) is 0 Å². The van der Waals surface area contributed by atoms with Gasteiger partial charge < -0.3 is 19.9 Å². The topological polar surface area (TPSA) is 122 Å². The van der Waals surface area contributed by atoms with Crippen molar-refractivity contribution in [3.63, 3.8) is 0 Å². The van der Waals surface area contributed by atoms with Crippen molar-refractivity contribution in [2.75, 3.05) is 7.15 Å². The molecule has 9 heteroatoms. The number of rotatable bonds is 2. The molecule has 0 aliphatic heterocycles. The summed E-state index contributed by atoms with van der Waals surface area (Å²) >= 11 is 0. The normalized spacial score (nSPS) is 11.0. The predicted molar refractivity (Wildman–Crippen MR) is 123 cm³/mol. The minimum absolute atomic E-state index is 0.0847. The van der Waals surface area contributed by atoms with Gasteiger partial charge in [0.1, 0.15) is 5.60 Å². The smallest absolute Gasteiger partial charge is 0.419 e. The molecular weight excluding hydrogens is 431 g/mol. The number of hydrogen-bond donors (Lipinski definition) is 3. The molecule has 2 aromatic carbocycles. The van der Waals surface area contributed by atoms with Crippen molar-refractivity contribution in [3.05, 3.63) is 72.1 Å². The highest BCUT2D eigenvalue weighted by molar-refractivity contribution is 6.06. The van der Waals surface area contributed by atoms with Crippen LogP contribution in [0.2, 0.25) is 0 Å². The number of benzene rings is 2. The van der Waals surface area contributed by atoms with Crippen LogP contribution in [0.5, 0.6) is 0 Å². The molecule has 3 N–H and O–H groups in total. The zero-order valence-corrected chi connectivity index (χ0v) is 18.3. The third-order valence-electron chi connectivity index (χ3n) is 4.35. The molecule has 0 saturated carbocycles. The zero-order valence-electron chi connectivity index (χ0n) is 19.3. The van der Waals surface area contributed by atoms with Gasteiger partial charge in [0.05, 0.1) is 25.2 Å². The van der Waals surface area contributed by atoms with Gasteiger partial charge in [-0.2, -0.15) is 0 Å². The van der Waals surface area contributed by atoms with E-state index >= 15 is 0 Å². The molecule has 0 fully saturated rings. The molecule has 33 heavy (non-hydrogen) atoms. The van der Waals surface area contributed by atoms with Crippen LogP contribution < -0.4 is 0 Å². The maximum Gasteiger partial charge on any atom is 0.419 e. The Hall–Kier alpha value is -4.14. The van der Waals surface area contributed by atoms with Crippen LogP contribution in [0.1, 0.15) is 42.9 Å². The lowest BCUT2D eigenvalue weighted by Gasteiger charge is -2.19. The van der Waals surface area contributed by atoms with Gasteiger partial charge in [-0.1, -0.05) is 36.4 Å². The summed E-state index contributed by atoms with van der Waals surface area (Å²) in [6.45, 7) is 5.28. The van der Waals surface area contributed by atoms with Crippen LogP contribution >= 0.6 is 0 Å². The van der Waals surface area contributed by atoms with Crippen molar-refractivity contribution >= 4 is 39.8 Å². The number of hydrogen-bond acceptors (Lipinski definition) is 4. The second kappa shape index (κ2) is 10.4. The Kier molecular flexibility index (Phi) is 7.45. The number of fused-ring (bicyclic) bond motifs is 2. The third kappa shape index (κ3) is 5.97. The van der Waals surface area contributed by atoms with E-state index in [-0.39, 0.29) is 5.56 Å². The van der Waals surface area contributed by atoms with Crippen LogP contribution in [-0.4, -0.2) is 50.6 Å². The number of carboxylic acids is 2. The Morgan fingerprint density at radius 1 is 0.970 bits per heavy atom. The molecule has 0 unspecified atom stereocenters. The SMILES string of the molecule is CC(C)(C)OC(=O)n1cc(C(=O)O)c2ccccc21.O=C(O)c1c[nH]c2ccccc12.[2H]CF. The number of aromatic nitrogens is 2. The molecule has 0 bridgehead atoms. The molecular formula is C24H25FN2O6. The first-order valence-electron chi connectivity index (χ1n) is 10.4. The molecule has 0 saturated heterocycles. The Morgan fingerprint density at radius 3 is 2.09 bits per heavy atom. The summed E-state index contributed by atoms with van der Waals surface area (Å²) in [7, 11) is -1.00. The lowest BCUT2D eigenvalue weighted by atomic mass is 10.2. The van der Waals surface area contributed by atoms with Gasteiger partial charge in [0, 0.05) is 28.7 Å². The molecule has 0 atom stereocenters. The monoisotopic (exact) mass is 457 g/mol. The van der Waals surface area contributed by atoms with E-state index in [4.69, 9.17) is 16.3 Å². The number of nitrogens with one attached hydrogen (secondary N) is 1. The fourth-order valence-electron chi connectivity index (χ4n) is 3.06. The quantitative estimate of drug-likeness (QED) is 0.362. The minimum atomic E-state index is -1.07. The second-order valence-corrected chi connectivity index (χ2v) is 7.77. The second-order valence-electron chi connectivity index (χ2n) is 7.77. The van der Waals surface area contributed by atoms with E-state index < -0.39 is 30.8 Å². The first-order valence-corrected chi connectivity index (χ1v) is 9.71. The van der Waals surface area contributed by atoms with Crippen molar-refractivity contribution in [2.24, 2.45) is 0 Å². The third-order valence-corrected chi connectivity index (χ3v) is 4.35. The van der Waals surface area contributed by atoms with E-state index in [2.05, 4.69) is 4.98 Å². The summed E-state index contributed by atoms with van der Waals surface area (Å²) < 4.78 is 22.0. The first kappa shape index (κ1) is 23.5. The molecule has 2 heterocycles. The Balaban J connectivity index is 0.000000232. The van der Waals surface area contributed by atoms with Crippen LogP contribution in [-0.2, 0) is 4.74 Å². The molecule has 0 aliphatic carbocycles. The molecule has 8 nitrogen and oxygen atoms in total. The van der Waals surface area contributed by atoms with E-state index in [1.54, 1.807) is 51.1 Å². The number of halogens is 1. The van der Waals surface area contributed by atoms with Crippen LogP contribution in [0.15, 0.2) is 60.9 Å². The highest BCUT2D eigenvalue weighted by atomic mass is 19.1. The zero-order chi connectivity index (χ0) is 25.5. The maximum absolute atomic E-state index is 12.1. The Bertz CT molecular complexity index is 1310. The van der Waals surface area contributed by atoms with Gasteiger partial charge in [0.2, 0.25) is 0 Å². The Labute approximate surface area is 190 Å². The number of nitrogens with zero attached hydrogens (tertiary/aromatic N) is 1. The van der Waals surface area contributed by atoms with Gasteiger partial charge in [0.15, 0.2) is 0 Å². The number of carbonyl (C=O) groups is 3. The molecule has 0 radical (unpaired) electrons. The van der Waals surface area contributed by atoms with E-state index in [1.165, 1.54) is 17.0 Å². The average Bonchev–Trinajstić information content (AvgIpc) is 3.36. The summed E-state index contributed by atoms with van der Waals surface area (Å²) in [5, 5.41) is 19.2. The van der Waals surface area contributed by atoms with E-state index in [0.717, 1.165) is 10.9 Å². The molecule has 4 rings (SSSR count). The van der Waals surface area contributed by atoms with Crippen LogP contribution in [0.3, 0.4) is 0 Å². The maximum atomic E-state index is 12.1. The molecule has 0 spiro atoms. The molecule has 0 aliphatic rings. The molecule has 174 valence electrons. The number of alkyl halides is 1. The number of carbonyl (C=O) groups excluding carboxylic acids is 1. The van der Waals surface area contributed by atoms with Gasteiger partial charge in [0.25, 0.3) is 0 Å². The lowest BCUT2D eigenvalue weighted by Crippen LogP contribution is -2.26. The summed E-state index contributed by atoms with van der Waals surface area (Å²) in [4.78, 5) is 36.8. The van der Waals surface area contributed by atoms with E-state index in [0.29, 0.717) is 16.5 Å².